The molecule has 1 saturated heterocycles. The van der Waals surface area contributed by atoms with Crippen molar-refractivity contribution in [2.75, 3.05) is 42.5 Å². The van der Waals surface area contributed by atoms with Crippen molar-refractivity contribution in [2.24, 2.45) is 0 Å². The molecule has 26 heavy (non-hydrogen) atoms. The minimum atomic E-state index is -0.0896. The lowest BCUT2D eigenvalue weighted by Crippen LogP contribution is -2.46. The van der Waals surface area contributed by atoms with E-state index in [0.717, 1.165) is 24.2 Å². The molecule has 1 fully saturated rings. The molecule has 7 nitrogen and oxygen atoms in total. The Kier molecular flexibility index (Phi) is 4.28. The lowest BCUT2D eigenvalue weighted by atomic mass is 10.2. The zero-order chi connectivity index (χ0) is 18.1. The third-order valence-electron chi connectivity index (χ3n) is 4.94. The molecule has 2 aliphatic heterocycles. The van der Waals surface area contributed by atoms with E-state index in [-0.39, 0.29) is 5.91 Å². The van der Waals surface area contributed by atoms with E-state index in [1.165, 1.54) is 5.56 Å². The Morgan fingerprint density at radius 1 is 1.08 bits per heavy atom. The van der Waals surface area contributed by atoms with E-state index in [0.29, 0.717) is 44.4 Å². The normalized spacial score (nSPS) is 16.6. The number of fused-ring (bicyclic) bond motifs is 1. The maximum Gasteiger partial charge on any atom is 0.277 e. The Balaban J connectivity index is 1.59. The number of amides is 2. The summed E-state index contributed by atoms with van der Waals surface area (Å²) in [6, 6.07) is 9.74. The van der Waals surface area contributed by atoms with Crippen LogP contribution in [0.4, 0.5) is 11.6 Å². The van der Waals surface area contributed by atoms with Crippen LogP contribution >= 0.6 is 0 Å². The fourth-order valence-electron chi connectivity index (χ4n) is 3.52. The quantitative estimate of drug-likeness (QED) is 0.779. The second-order valence-corrected chi connectivity index (χ2v) is 6.66. The van der Waals surface area contributed by atoms with Gasteiger partial charge in [0.2, 0.25) is 12.4 Å². The van der Waals surface area contributed by atoms with Crippen LogP contribution in [0.5, 0.6) is 0 Å². The maximum atomic E-state index is 13.1. The third-order valence-corrected chi connectivity index (χ3v) is 4.94. The molecule has 0 unspecified atom stereocenters. The van der Waals surface area contributed by atoms with Crippen LogP contribution in [0, 0.1) is 6.92 Å². The van der Waals surface area contributed by atoms with Crippen molar-refractivity contribution < 1.29 is 9.59 Å². The first-order valence-corrected chi connectivity index (χ1v) is 8.85. The van der Waals surface area contributed by atoms with Gasteiger partial charge in [0, 0.05) is 44.1 Å². The van der Waals surface area contributed by atoms with Gasteiger partial charge in [-0.15, -0.1) is 0 Å². The van der Waals surface area contributed by atoms with E-state index >= 15 is 0 Å². The summed E-state index contributed by atoms with van der Waals surface area (Å²) >= 11 is 0. The summed E-state index contributed by atoms with van der Waals surface area (Å²) in [5.74, 6) is 0.472. The number of hydrogen-bond acceptors (Lipinski definition) is 5. The Morgan fingerprint density at radius 2 is 1.85 bits per heavy atom. The van der Waals surface area contributed by atoms with Gasteiger partial charge in [0.15, 0.2) is 0 Å². The minimum absolute atomic E-state index is 0.0896. The molecular weight excluding hydrogens is 330 g/mol. The molecule has 0 N–H and O–H groups in total. The maximum absolute atomic E-state index is 13.1. The number of benzene rings is 1. The number of hydrogen-bond donors (Lipinski definition) is 0. The Hall–Kier alpha value is -2.96. The molecule has 0 saturated carbocycles. The van der Waals surface area contributed by atoms with E-state index in [9.17, 15) is 9.59 Å². The highest BCUT2D eigenvalue weighted by atomic mass is 16.2. The summed E-state index contributed by atoms with van der Waals surface area (Å²) in [7, 11) is 0. The predicted octanol–water partition coefficient (Wildman–Crippen LogP) is 1.27. The van der Waals surface area contributed by atoms with E-state index < -0.39 is 0 Å². The lowest BCUT2D eigenvalue weighted by Gasteiger charge is -2.32. The number of aromatic nitrogens is 2. The van der Waals surface area contributed by atoms with Crippen LogP contribution in [-0.2, 0) is 11.2 Å². The standard InChI is InChI=1S/C19H21N5O2/c1-14-12-16(18(26)24-7-6-15-4-2-3-5-17(15)24)21-19(20-14)23-10-8-22(13-25)9-11-23/h2-5,12-13H,6-11H2,1H3. The van der Waals surface area contributed by atoms with Crippen molar-refractivity contribution in [1.82, 2.24) is 14.9 Å². The minimum Gasteiger partial charge on any atom is -0.342 e. The Bertz CT molecular complexity index is 846. The molecule has 0 aliphatic carbocycles. The highest BCUT2D eigenvalue weighted by molar-refractivity contribution is 6.06. The topological polar surface area (TPSA) is 69.6 Å². The molecule has 0 radical (unpaired) electrons. The zero-order valence-electron chi connectivity index (χ0n) is 14.8. The van der Waals surface area contributed by atoms with Gasteiger partial charge in [0.1, 0.15) is 5.69 Å². The summed E-state index contributed by atoms with van der Waals surface area (Å²) < 4.78 is 0. The van der Waals surface area contributed by atoms with Crippen LogP contribution < -0.4 is 9.80 Å². The van der Waals surface area contributed by atoms with E-state index in [2.05, 4.69) is 16.0 Å². The lowest BCUT2D eigenvalue weighted by molar-refractivity contribution is -0.118. The number of anilines is 2. The highest BCUT2D eigenvalue weighted by Gasteiger charge is 2.27. The Labute approximate surface area is 152 Å². The fraction of sp³-hybridized carbons (Fsp3) is 0.368. The smallest absolute Gasteiger partial charge is 0.277 e. The first-order chi connectivity index (χ1) is 12.7. The van der Waals surface area contributed by atoms with Gasteiger partial charge in [0.05, 0.1) is 0 Å². The number of carbonyl (C=O) groups excluding carboxylic acids is 2. The number of rotatable bonds is 3. The van der Waals surface area contributed by atoms with Crippen molar-refractivity contribution >= 4 is 24.0 Å². The molecule has 7 heteroatoms. The molecule has 2 aromatic rings. The monoisotopic (exact) mass is 351 g/mol. The molecular formula is C19H21N5O2. The first kappa shape index (κ1) is 16.5. The van der Waals surface area contributed by atoms with Gasteiger partial charge < -0.3 is 14.7 Å². The third kappa shape index (κ3) is 3.00. The van der Waals surface area contributed by atoms with Gasteiger partial charge in [-0.25, -0.2) is 9.97 Å². The number of piperazine rings is 1. The first-order valence-electron chi connectivity index (χ1n) is 8.85. The molecule has 0 bridgehead atoms. The molecule has 2 amide bonds. The van der Waals surface area contributed by atoms with Crippen molar-refractivity contribution in [1.29, 1.82) is 0 Å². The van der Waals surface area contributed by atoms with Crippen molar-refractivity contribution in [3.05, 3.63) is 47.3 Å². The number of nitrogens with zero attached hydrogens (tertiary/aromatic N) is 5. The van der Waals surface area contributed by atoms with Gasteiger partial charge in [-0.3, -0.25) is 9.59 Å². The van der Waals surface area contributed by atoms with Crippen LogP contribution in [0.25, 0.3) is 0 Å². The average Bonchev–Trinajstić information content (AvgIpc) is 3.11. The van der Waals surface area contributed by atoms with E-state index in [4.69, 9.17) is 0 Å². The van der Waals surface area contributed by atoms with E-state index in [1.54, 1.807) is 15.9 Å². The summed E-state index contributed by atoms with van der Waals surface area (Å²) in [5, 5.41) is 0. The Morgan fingerprint density at radius 3 is 2.62 bits per heavy atom. The summed E-state index contributed by atoms with van der Waals surface area (Å²) in [6.07, 6.45) is 1.74. The molecule has 2 aliphatic rings. The van der Waals surface area contributed by atoms with Gasteiger partial charge in [0.25, 0.3) is 5.91 Å². The van der Waals surface area contributed by atoms with Crippen LogP contribution in [0.15, 0.2) is 30.3 Å². The largest absolute Gasteiger partial charge is 0.342 e. The molecule has 0 atom stereocenters. The molecule has 1 aromatic carbocycles. The van der Waals surface area contributed by atoms with Crippen LogP contribution in [0.1, 0.15) is 21.7 Å². The van der Waals surface area contributed by atoms with Crippen LogP contribution in [0.3, 0.4) is 0 Å². The van der Waals surface area contributed by atoms with Crippen LogP contribution in [0.2, 0.25) is 0 Å². The SMILES string of the molecule is Cc1cc(C(=O)N2CCc3ccccc32)nc(N2CCN(C=O)CC2)n1. The van der Waals surface area contributed by atoms with Gasteiger partial charge in [-0.05, 0) is 31.0 Å². The zero-order valence-corrected chi connectivity index (χ0v) is 14.8. The summed E-state index contributed by atoms with van der Waals surface area (Å²) in [5.41, 5.74) is 3.34. The van der Waals surface area contributed by atoms with Crippen molar-refractivity contribution in [3.8, 4) is 0 Å². The second kappa shape index (κ2) is 6.74. The fourth-order valence-corrected chi connectivity index (χ4v) is 3.52. The molecule has 1 aromatic heterocycles. The average molecular weight is 351 g/mol. The van der Waals surface area contributed by atoms with Gasteiger partial charge in [-0.2, -0.15) is 0 Å². The molecule has 0 spiro atoms. The number of carbonyl (C=O) groups is 2. The molecule has 4 rings (SSSR count). The predicted molar refractivity (Wildman–Crippen MR) is 98.4 cm³/mol. The number of aryl methyl sites for hydroxylation is 1. The van der Waals surface area contributed by atoms with Crippen LogP contribution in [-0.4, -0.2) is 59.9 Å². The summed E-state index contributed by atoms with van der Waals surface area (Å²) in [6.45, 7) is 5.17. The van der Waals surface area contributed by atoms with Crippen molar-refractivity contribution in [2.45, 2.75) is 13.3 Å². The number of para-hydroxylation sites is 1. The molecule has 3 heterocycles. The molecule has 134 valence electrons. The van der Waals surface area contributed by atoms with Crippen molar-refractivity contribution in [3.63, 3.8) is 0 Å². The van der Waals surface area contributed by atoms with Gasteiger partial charge in [-0.1, -0.05) is 18.2 Å². The summed E-state index contributed by atoms with van der Waals surface area (Å²) in [4.78, 5) is 38.5. The second-order valence-electron chi connectivity index (χ2n) is 6.66. The van der Waals surface area contributed by atoms with Gasteiger partial charge >= 0.3 is 0 Å². The highest BCUT2D eigenvalue weighted by Crippen LogP contribution is 2.28. The van der Waals surface area contributed by atoms with E-state index in [1.807, 2.05) is 30.0 Å².